The second kappa shape index (κ2) is 5.93. The van der Waals surface area contributed by atoms with Crippen molar-refractivity contribution in [1.29, 1.82) is 0 Å². The molecule has 0 saturated carbocycles. The number of hydrogen-bond acceptors (Lipinski definition) is 5. The lowest BCUT2D eigenvalue weighted by molar-refractivity contribution is -0.135. The number of nitrogens with zero attached hydrogens (tertiary/aromatic N) is 3. The topological polar surface area (TPSA) is 61.6 Å². The van der Waals surface area contributed by atoms with E-state index in [0.29, 0.717) is 12.6 Å². The van der Waals surface area contributed by atoms with Crippen molar-refractivity contribution in [2.45, 2.75) is 32.4 Å². The Morgan fingerprint density at radius 1 is 1.50 bits per heavy atom. The van der Waals surface area contributed by atoms with Gasteiger partial charge in [0.05, 0.1) is 18.8 Å². The second-order valence-corrected chi connectivity index (χ2v) is 5.73. The average Bonchev–Trinajstić information content (AvgIpc) is 2.85. The highest BCUT2D eigenvalue weighted by Gasteiger charge is 2.30. The molecule has 110 valence electrons. The number of amides is 1. The van der Waals surface area contributed by atoms with Gasteiger partial charge in [0.2, 0.25) is 5.91 Å². The zero-order valence-electron chi connectivity index (χ0n) is 12.0. The molecule has 2 saturated heterocycles. The van der Waals surface area contributed by atoms with E-state index in [1.54, 1.807) is 0 Å². The Hall–Kier alpha value is -1.40. The molecule has 0 bridgehead atoms. The molecule has 0 spiro atoms. The zero-order chi connectivity index (χ0) is 13.9. The van der Waals surface area contributed by atoms with E-state index < -0.39 is 0 Å². The summed E-state index contributed by atoms with van der Waals surface area (Å²) in [5.74, 6) is 1.15. The van der Waals surface area contributed by atoms with Crippen molar-refractivity contribution in [2.75, 3.05) is 32.7 Å². The Morgan fingerprint density at radius 2 is 2.40 bits per heavy atom. The maximum Gasteiger partial charge on any atom is 0.236 e. The van der Waals surface area contributed by atoms with Gasteiger partial charge in [-0.25, -0.2) is 0 Å². The molecule has 1 unspecified atom stereocenters. The third-order valence-corrected chi connectivity index (χ3v) is 4.10. The first-order chi connectivity index (χ1) is 9.72. The Labute approximate surface area is 119 Å². The SMILES string of the molecule is Cc1cc(CN2CCCC(N3CCNCC3=O)C2)on1. The van der Waals surface area contributed by atoms with Crippen LogP contribution in [0.2, 0.25) is 0 Å². The molecule has 2 aliphatic heterocycles. The van der Waals surface area contributed by atoms with E-state index in [9.17, 15) is 4.79 Å². The number of carbonyl (C=O) groups is 1. The van der Waals surface area contributed by atoms with Crippen molar-refractivity contribution in [3.05, 3.63) is 17.5 Å². The number of carbonyl (C=O) groups excluding carboxylic acids is 1. The van der Waals surface area contributed by atoms with Crippen molar-refractivity contribution in [3.8, 4) is 0 Å². The molecular formula is C14H22N4O2. The van der Waals surface area contributed by atoms with Gasteiger partial charge in [0, 0.05) is 31.7 Å². The van der Waals surface area contributed by atoms with Gasteiger partial charge in [-0.3, -0.25) is 9.69 Å². The second-order valence-electron chi connectivity index (χ2n) is 5.73. The molecule has 2 fully saturated rings. The molecule has 1 aromatic rings. The first-order valence-corrected chi connectivity index (χ1v) is 7.37. The highest BCUT2D eigenvalue weighted by Crippen LogP contribution is 2.19. The summed E-state index contributed by atoms with van der Waals surface area (Å²) in [6.07, 6.45) is 2.24. The summed E-state index contributed by atoms with van der Waals surface area (Å²) in [4.78, 5) is 16.4. The largest absolute Gasteiger partial charge is 0.360 e. The van der Waals surface area contributed by atoms with Crippen LogP contribution in [0.3, 0.4) is 0 Å². The van der Waals surface area contributed by atoms with Crippen LogP contribution in [0.1, 0.15) is 24.3 Å². The third kappa shape index (κ3) is 3.02. The molecule has 2 aliphatic rings. The molecule has 0 aliphatic carbocycles. The van der Waals surface area contributed by atoms with Crippen LogP contribution in [-0.2, 0) is 11.3 Å². The summed E-state index contributed by atoms with van der Waals surface area (Å²) in [5, 5.41) is 7.06. The summed E-state index contributed by atoms with van der Waals surface area (Å²) < 4.78 is 5.29. The molecule has 20 heavy (non-hydrogen) atoms. The molecule has 3 rings (SSSR count). The number of likely N-dealkylation sites (tertiary alicyclic amines) is 1. The number of nitrogens with one attached hydrogen (secondary N) is 1. The minimum absolute atomic E-state index is 0.235. The van der Waals surface area contributed by atoms with Crippen LogP contribution in [0.5, 0.6) is 0 Å². The average molecular weight is 278 g/mol. The minimum atomic E-state index is 0.235. The molecule has 1 atom stereocenters. The predicted octanol–water partition coefficient (Wildman–Crippen LogP) is 0.379. The van der Waals surface area contributed by atoms with Gasteiger partial charge in [0.1, 0.15) is 0 Å². The monoisotopic (exact) mass is 278 g/mol. The normalized spacial score (nSPS) is 25.1. The number of rotatable bonds is 3. The molecular weight excluding hydrogens is 256 g/mol. The van der Waals surface area contributed by atoms with E-state index in [4.69, 9.17) is 4.52 Å². The van der Waals surface area contributed by atoms with Crippen LogP contribution >= 0.6 is 0 Å². The number of aryl methyl sites for hydroxylation is 1. The van der Waals surface area contributed by atoms with E-state index in [1.165, 1.54) is 0 Å². The smallest absolute Gasteiger partial charge is 0.236 e. The Bertz CT molecular complexity index is 473. The van der Waals surface area contributed by atoms with Crippen molar-refractivity contribution < 1.29 is 9.32 Å². The molecule has 1 N–H and O–H groups in total. The Balaban J connectivity index is 1.59. The van der Waals surface area contributed by atoms with Crippen LogP contribution in [0.25, 0.3) is 0 Å². The van der Waals surface area contributed by atoms with E-state index in [-0.39, 0.29) is 5.91 Å². The van der Waals surface area contributed by atoms with Crippen LogP contribution in [0.4, 0.5) is 0 Å². The lowest BCUT2D eigenvalue weighted by atomic mass is 10.0. The molecule has 0 radical (unpaired) electrons. The summed E-state index contributed by atoms with van der Waals surface area (Å²) >= 11 is 0. The summed E-state index contributed by atoms with van der Waals surface area (Å²) in [7, 11) is 0. The lowest BCUT2D eigenvalue weighted by Gasteiger charge is -2.40. The molecule has 6 nitrogen and oxygen atoms in total. The first kappa shape index (κ1) is 13.6. The predicted molar refractivity (Wildman–Crippen MR) is 74.1 cm³/mol. The van der Waals surface area contributed by atoms with Gasteiger partial charge >= 0.3 is 0 Å². The van der Waals surface area contributed by atoms with Crippen LogP contribution < -0.4 is 5.32 Å². The van der Waals surface area contributed by atoms with E-state index in [1.807, 2.05) is 17.9 Å². The molecule has 6 heteroatoms. The highest BCUT2D eigenvalue weighted by molar-refractivity contribution is 5.79. The summed E-state index contributed by atoms with van der Waals surface area (Å²) in [5.41, 5.74) is 0.922. The Morgan fingerprint density at radius 3 is 3.15 bits per heavy atom. The van der Waals surface area contributed by atoms with Crippen molar-refractivity contribution in [2.24, 2.45) is 0 Å². The standard InChI is InChI=1S/C14H22N4O2/c1-11-7-13(20-16-11)10-17-5-2-3-12(9-17)18-6-4-15-8-14(18)19/h7,12,15H,2-6,8-10H2,1H3. The minimum Gasteiger partial charge on any atom is -0.360 e. The maximum atomic E-state index is 12.0. The van der Waals surface area contributed by atoms with Gasteiger partial charge < -0.3 is 14.7 Å². The number of piperidine rings is 1. The molecule has 0 aromatic carbocycles. The molecule has 1 aromatic heterocycles. The first-order valence-electron chi connectivity index (χ1n) is 7.37. The fourth-order valence-corrected chi connectivity index (χ4v) is 3.15. The van der Waals surface area contributed by atoms with Gasteiger partial charge in [-0.05, 0) is 26.3 Å². The van der Waals surface area contributed by atoms with Gasteiger partial charge in [-0.15, -0.1) is 0 Å². The van der Waals surface area contributed by atoms with Gasteiger partial charge in [-0.2, -0.15) is 0 Å². The highest BCUT2D eigenvalue weighted by atomic mass is 16.5. The third-order valence-electron chi connectivity index (χ3n) is 4.10. The van der Waals surface area contributed by atoms with Gasteiger partial charge in [-0.1, -0.05) is 5.16 Å². The van der Waals surface area contributed by atoms with Crippen molar-refractivity contribution >= 4 is 5.91 Å². The fraction of sp³-hybridized carbons (Fsp3) is 0.714. The van der Waals surface area contributed by atoms with E-state index in [0.717, 1.165) is 57.0 Å². The van der Waals surface area contributed by atoms with Crippen LogP contribution in [0.15, 0.2) is 10.6 Å². The Kier molecular flexibility index (Phi) is 4.03. The van der Waals surface area contributed by atoms with Gasteiger partial charge in [0.25, 0.3) is 0 Å². The fourth-order valence-electron chi connectivity index (χ4n) is 3.15. The maximum absolute atomic E-state index is 12.0. The van der Waals surface area contributed by atoms with Gasteiger partial charge in [0.15, 0.2) is 5.76 Å². The number of piperazine rings is 1. The summed E-state index contributed by atoms with van der Waals surface area (Å²) in [6, 6.07) is 2.34. The zero-order valence-corrected chi connectivity index (χ0v) is 12.0. The molecule has 1 amide bonds. The number of hydrogen-bond donors (Lipinski definition) is 1. The molecule has 3 heterocycles. The van der Waals surface area contributed by atoms with E-state index >= 15 is 0 Å². The van der Waals surface area contributed by atoms with Crippen LogP contribution in [0, 0.1) is 6.92 Å². The number of aromatic nitrogens is 1. The van der Waals surface area contributed by atoms with Crippen molar-refractivity contribution in [3.63, 3.8) is 0 Å². The van der Waals surface area contributed by atoms with Crippen molar-refractivity contribution in [1.82, 2.24) is 20.3 Å². The summed E-state index contributed by atoms with van der Waals surface area (Å²) in [6.45, 7) is 6.95. The van der Waals surface area contributed by atoms with Crippen LogP contribution in [-0.4, -0.2) is 59.6 Å². The lowest BCUT2D eigenvalue weighted by Crippen LogP contribution is -2.56. The van der Waals surface area contributed by atoms with E-state index in [2.05, 4.69) is 15.4 Å². The quantitative estimate of drug-likeness (QED) is 0.866.